The average Bonchev–Trinajstić information content (AvgIpc) is 3.30. The first kappa shape index (κ1) is 17.7. The second-order valence-electron chi connectivity index (χ2n) is 6.44. The molecule has 0 bridgehead atoms. The monoisotopic (exact) mass is 376 g/mol. The summed E-state index contributed by atoms with van der Waals surface area (Å²) in [6.45, 7) is 6.51. The van der Waals surface area contributed by atoms with Crippen LogP contribution in [-0.2, 0) is 0 Å². The summed E-state index contributed by atoms with van der Waals surface area (Å²) in [4.78, 5) is 21.4. The van der Waals surface area contributed by atoms with Crippen LogP contribution in [0.4, 0.5) is 11.4 Å². The molecule has 0 aliphatic heterocycles. The van der Waals surface area contributed by atoms with Crippen molar-refractivity contribution in [2.45, 2.75) is 20.8 Å². The van der Waals surface area contributed by atoms with E-state index in [4.69, 9.17) is 4.52 Å². The number of pyridine rings is 1. The standard InChI is InChI=1S/C20H20N6O2/c1-4-21-15-7-8-26-17(11-22-18(26)10-15)20(27)24-16-9-14(6-5-12(16)2)19-23-13(3)28-25-19/h5-11,21H,4H2,1-3H3,(H,24,27). The Bertz CT molecular complexity index is 1160. The number of anilines is 2. The first-order chi connectivity index (χ1) is 13.5. The lowest BCUT2D eigenvalue weighted by Crippen LogP contribution is -2.15. The highest BCUT2D eigenvalue weighted by Gasteiger charge is 2.15. The number of rotatable bonds is 5. The molecule has 28 heavy (non-hydrogen) atoms. The van der Waals surface area contributed by atoms with E-state index in [-0.39, 0.29) is 5.91 Å². The molecule has 3 aromatic heterocycles. The van der Waals surface area contributed by atoms with Gasteiger partial charge in [0.2, 0.25) is 11.7 Å². The third-order valence-electron chi connectivity index (χ3n) is 4.40. The number of hydrogen-bond acceptors (Lipinski definition) is 6. The molecule has 1 amide bonds. The van der Waals surface area contributed by atoms with Crippen molar-refractivity contribution in [1.82, 2.24) is 19.5 Å². The van der Waals surface area contributed by atoms with E-state index < -0.39 is 0 Å². The minimum absolute atomic E-state index is 0.242. The average molecular weight is 376 g/mol. The Morgan fingerprint density at radius 2 is 2.07 bits per heavy atom. The van der Waals surface area contributed by atoms with Gasteiger partial charge >= 0.3 is 0 Å². The zero-order valence-electron chi connectivity index (χ0n) is 15.9. The number of benzene rings is 1. The normalized spacial score (nSPS) is 11.0. The third kappa shape index (κ3) is 3.32. The predicted molar refractivity (Wildman–Crippen MR) is 107 cm³/mol. The summed E-state index contributed by atoms with van der Waals surface area (Å²) in [7, 11) is 0. The molecule has 8 heteroatoms. The van der Waals surface area contributed by atoms with Crippen molar-refractivity contribution in [3.05, 3.63) is 59.9 Å². The maximum absolute atomic E-state index is 12.9. The van der Waals surface area contributed by atoms with E-state index in [1.54, 1.807) is 17.5 Å². The van der Waals surface area contributed by atoms with Gasteiger partial charge in [0, 0.05) is 42.7 Å². The number of nitrogens with one attached hydrogen (secondary N) is 2. The Kier molecular flexibility index (Phi) is 4.52. The summed E-state index contributed by atoms with van der Waals surface area (Å²) in [6.07, 6.45) is 3.41. The van der Waals surface area contributed by atoms with Gasteiger partial charge in [0.1, 0.15) is 11.3 Å². The Hall–Kier alpha value is -3.68. The minimum Gasteiger partial charge on any atom is -0.385 e. The highest BCUT2D eigenvalue weighted by atomic mass is 16.5. The van der Waals surface area contributed by atoms with Crippen molar-refractivity contribution < 1.29 is 9.32 Å². The molecule has 0 unspecified atom stereocenters. The molecule has 2 N–H and O–H groups in total. The van der Waals surface area contributed by atoms with Crippen LogP contribution >= 0.6 is 0 Å². The lowest BCUT2D eigenvalue weighted by molar-refractivity contribution is 0.102. The van der Waals surface area contributed by atoms with Gasteiger partial charge in [-0.15, -0.1) is 0 Å². The van der Waals surface area contributed by atoms with Gasteiger partial charge in [-0.1, -0.05) is 17.3 Å². The third-order valence-corrected chi connectivity index (χ3v) is 4.40. The van der Waals surface area contributed by atoms with Crippen molar-refractivity contribution in [3.8, 4) is 11.4 Å². The number of nitrogens with zero attached hydrogens (tertiary/aromatic N) is 4. The molecule has 8 nitrogen and oxygen atoms in total. The topological polar surface area (TPSA) is 97.3 Å². The number of carbonyl (C=O) groups is 1. The SMILES string of the molecule is CCNc1ccn2c(C(=O)Nc3cc(-c4noc(C)n4)ccc3C)cnc2c1. The van der Waals surface area contributed by atoms with Gasteiger partial charge in [-0.05, 0) is 31.5 Å². The number of amides is 1. The van der Waals surface area contributed by atoms with E-state index in [1.165, 1.54) is 0 Å². The summed E-state index contributed by atoms with van der Waals surface area (Å²) in [5.41, 5.74) is 4.51. The fraction of sp³-hybridized carbons (Fsp3) is 0.200. The molecule has 142 valence electrons. The van der Waals surface area contributed by atoms with Crippen LogP contribution in [0.2, 0.25) is 0 Å². The van der Waals surface area contributed by atoms with Crippen LogP contribution in [0.1, 0.15) is 28.9 Å². The van der Waals surface area contributed by atoms with E-state index in [9.17, 15) is 4.79 Å². The Balaban J connectivity index is 1.62. The van der Waals surface area contributed by atoms with Gasteiger partial charge < -0.3 is 15.2 Å². The van der Waals surface area contributed by atoms with Crippen molar-refractivity contribution in [2.24, 2.45) is 0 Å². The van der Waals surface area contributed by atoms with Crippen LogP contribution in [0.25, 0.3) is 17.0 Å². The molecular formula is C20H20N6O2. The molecular weight excluding hydrogens is 356 g/mol. The lowest BCUT2D eigenvalue weighted by atomic mass is 10.1. The molecule has 0 aliphatic carbocycles. The Morgan fingerprint density at radius 3 is 2.82 bits per heavy atom. The Morgan fingerprint density at radius 1 is 1.21 bits per heavy atom. The molecule has 4 rings (SSSR count). The number of fused-ring (bicyclic) bond motifs is 1. The molecule has 0 saturated carbocycles. The maximum atomic E-state index is 12.9. The van der Waals surface area contributed by atoms with Crippen LogP contribution in [0.3, 0.4) is 0 Å². The van der Waals surface area contributed by atoms with Gasteiger partial charge in [0.25, 0.3) is 5.91 Å². The van der Waals surface area contributed by atoms with E-state index in [2.05, 4.69) is 25.8 Å². The maximum Gasteiger partial charge on any atom is 0.274 e. The summed E-state index contributed by atoms with van der Waals surface area (Å²) >= 11 is 0. The molecule has 0 atom stereocenters. The zero-order chi connectivity index (χ0) is 19.7. The quantitative estimate of drug-likeness (QED) is 0.551. The second kappa shape index (κ2) is 7.15. The first-order valence-electron chi connectivity index (χ1n) is 8.99. The predicted octanol–water partition coefficient (Wildman–Crippen LogP) is 3.69. The van der Waals surface area contributed by atoms with Crippen molar-refractivity contribution in [3.63, 3.8) is 0 Å². The Labute approximate surface area is 161 Å². The van der Waals surface area contributed by atoms with Gasteiger partial charge in [-0.25, -0.2) is 4.98 Å². The summed E-state index contributed by atoms with van der Waals surface area (Å²) in [5.74, 6) is 0.732. The van der Waals surface area contributed by atoms with Gasteiger partial charge in [-0.2, -0.15) is 4.98 Å². The van der Waals surface area contributed by atoms with E-state index in [0.29, 0.717) is 28.7 Å². The van der Waals surface area contributed by atoms with Gasteiger partial charge in [0.05, 0.1) is 6.20 Å². The van der Waals surface area contributed by atoms with E-state index in [1.807, 2.05) is 50.4 Å². The fourth-order valence-electron chi connectivity index (χ4n) is 2.96. The second-order valence-corrected chi connectivity index (χ2v) is 6.44. The van der Waals surface area contributed by atoms with Crippen molar-refractivity contribution >= 4 is 22.9 Å². The van der Waals surface area contributed by atoms with Crippen LogP contribution < -0.4 is 10.6 Å². The van der Waals surface area contributed by atoms with Gasteiger partial charge in [0.15, 0.2) is 0 Å². The highest BCUT2D eigenvalue weighted by molar-refractivity contribution is 6.04. The minimum atomic E-state index is -0.242. The summed E-state index contributed by atoms with van der Waals surface area (Å²) in [6, 6.07) is 9.47. The number of aromatic nitrogens is 4. The molecule has 0 aliphatic rings. The number of hydrogen-bond donors (Lipinski definition) is 2. The van der Waals surface area contributed by atoms with Crippen LogP contribution in [0, 0.1) is 13.8 Å². The highest BCUT2D eigenvalue weighted by Crippen LogP contribution is 2.24. The number of aryl methyl sites for hydroxylation is 2. The summed E-state index contributed by atoms with van der Waals surface area (Å²) < 4.78 is 6.80. The zero-order valence-corrected chi connectivity index (χ0v) is 15.9. The van der Waals surface area contributed by atoms with Gasteiger partial charge in [-0.3, -0.25) is 9.20 Å². The summed E-state index contributed by atoms with van der Waals surface area (Å²) in [5, 5.41) is 10.1. The van der Waals surface area contributed by atoms with Crippen molar-refractivity contribution in [1.29, 1.82) is 0 Å². The molecule has 1 aromatic carbocycles. The van der Waals surface area contributed by atoms with E-state index in [0.717, 1.165) is 23.4 Å². The number of carbonyl (C=O) groups excluding carboxylic acids is 1. The first-order valence-corrected chi connectivity index (χ1v) is 8.99. The lowest BCUT2D eigenvalue weighted by Gasteiger charge is -2.10. The smallest absolute Gasteiger partial charge is 0.274 e. The van der Waals surface area contributed by atoms with Crippen molar-refractivity contribution in [2.75, 3.05) is 17.2 Å². The molecule has 0 spiro atoms. The number of imidazole rings is 1. The fourth-order valence-corrected chi connectivity index (χ4v) is 2.96. The van der Waals surface area contributed by atoms with E-state index >= 15 is 0 Å². The molecule has 0 radical (unpaired) electrons. The molecule has 0 fully saturated rings. The molecule has 0 saturated heterocycles. The molecule has 3 heterocycles. The van der Waals surface area contributed by atoms with Crippen LogP contribution in [0.5, 0.6) is 0 Å². The van der Waals surface area contributed by atoms with Crippen LogP contribution in [-0.4, -0.2) is 32.0 Å². The molecule has 4 aromatic rings. The van der Waals surface area contributed by atoms with Crippen LogP contribution in [0.15, 0.2) is 47.2 Å². The largest absolute Gasteiger partial charge is 0.385 e.